The van der Waals surface area contributed by atoms with E-state index in [4.69, 9.17) is 5.11 Å². The first-order valence-electron chi connectivity index (χ1n) is 6.56. The Balaban J connectivity index is 2.04. The highest BCUT2D eigenvalue weighted by molar-refractivity contribution is 5.40. The second-order valence-corrected chi connectivity index (χ2v) is 4.93. The molecule has 0 amide bonds. The molecule has 1 aliphatic rings. The Hall–Kier alpha value is -1.34. The highest BCUT2D eigenvalue weighted by atomic mass is 19.4. The number of rotatable bonds is 3. The number of alkyl halides is 3. The number of aliphatic hydroxyl groups excluding tert-OH is 1. The van der Waals surface area contributed by atoms with Gasteiger partial charge in [0, 0.05) is 32.2 Å². The summed E-state index contributed by atoms with van der Waals surface area (Å²) in [5.41, 5.74) is -0.860. The van der Waals surface area contributed by atoms with Gasteiger partial charge in [0.1, 0.15) is 11.5 Å². The van der Waals surface area contributed by atoms with Crippen LogP contribution in [0.3, 0.4) is 0 Å². The van der Waals surface area contributed by atoms with Crippen molar-refractivity contribution in [1.82, 2.24) is 9.88 Å². The number of aliphatic hydroxyl groups is 1. The van der Waals surface area contributed by atoms with E-state index in [1.807, 2.05) is 11.8 Å². The molecule has 0 aliphatic carbocycles. The first-order chi connectivity index (χ1) is 9.41. The van der Waals surface area contributed by atoms with Crippen LogP contribution in [0.4, 0.5) is 19.0 Å². The van der Waals surface area contributed by atoms with E-state index in [1.54, 1.807) is 6.07 Å². The first-order valence-corrected chi connectivity index (χ1v) is 6.56. The van der Waals surface area contributed by atoms with Crippen molar-refractivity contribution in [2.45, 2.75) is 19.1 Å². The van der Waals surface area contributed by atoms with Crippen LogP contribution in [-0.4, -0.2) is 53.8 Å². The SMILES string of the molecule is C[C@@H](CO)N1CCN(c2cccc(C(F)(F)F)n2)CC1. The smallest absolute Gasteiger partial charge is 0.395 e. The molecule has 1 fully saturated rings. The lowest BCUT2D eigenvalue weighted by Gasteiger charge is -2.38. The van der Waals surface area contributed by atoms with Crippen molar-refractivity contribution in [3.63, 3.8) is 0 Å². The molecule has 0 saturated carbocycles. The van der Waals surface area contributed by atoms with Crippen molar-refractivity contribution >= 4 is 5.82 Å². The number of halogens is 3. The fraction of sp³-hybridized carbons (Fsp3) is 0.615. The minimum absolute atomic E-state index is 0.0756. The Morgan fingerprint density at radius 2 is 1.90 bits per heavy atom. The molecular weight excluding hydrogens is 271 g/mol. The lowest BCUT2D eigenvalue weighted by atomic mass is 10.2. The molecule has 4 nitrogen and oxygen atoms in total. The minimum atomic E-state index is -4.41. The molecule has 1 atom stereocenters. The number of hydrogen-bond donors (Lipinski definition) is 1. The van der Waals surface area contributed by atoms with Crippen LogP contribution in [0.1, 0.15) is 12.6 Å². The summed E-state index contributed by atoms with van der Waals surface area (Å²) in [5.74, 6) is 0.358. The summed E-state index contributed by atoms with van der Waals surface area (Å²) in [5, 5.41) is 9.10. The molecule has 1 saturated heterocycles. The summed E-state index contributed by atoms with van der Waals surface area (Å²) in [6, 6.07) is 4.04. The third kappa shape index (κ3) is 3.40. The highest BCUT2D eigenvalue weighted by Gasteiger charge is 2.33. The molecule has 7 heteroatoms. The summed E-state index contributed by atoms with van der Waals surface area (Å²) in [6.45, 7) is 4.65. The Morgan fingerprint density at radius 3 is 2.45 bits per heavy atom. The van der Waals surface area contributed by atoms with Crippen LogP contribution in [0.25, 0.3) is 0 Å². The maximum Gasteiger partial charge on any atom is 0.433 e. The predicted molar refractivity (Wildman–Crippen MR) is 69.6 cm³/mol. The van der Waals surface area contributed by atoms with Crippen LogP contribution in [0.15, 0.2) is 18.2 Å². The summed E-state index contributed by atoms with van der Waals surface area (Å²) >= 11 is 0. The maximum absolute atomic E-state index is 12.6. The van der Waals surface area contributed by atoms with Crippen LogP contribution in [0.2, 0.25) is 0 Å². The monoisotopic (exact) mass is 289 g/mol. The van der Waals surface area contributed by atoms with E-state index in [0.717, 1.165) is 6.07 Å². The molecule has 1 aromatic heterocycles. The molecular formula is C13H18F3N3O. The Labute approximate surface area is 115 Å². The summed E-state index contributed by atoms with van der Waals surface area (Å²) in [7, 11) is 0. The summed E-state index contributed by atoms with van der Waals surface area (Å²) < 4.78 is 37.9. The van der Waals surface area contributed by atoms with Gasteiger partial charge in [0.15, 0.2) is 0 Å². The number of piperazine rings is 1. The second kappa shape index (κ2) is 5.97. The summed E-state index contributed by atoms with van der Waals surface area (Å²) in [4.78, 5) is 7.65. The molecule has 0 spiro atoms. The fourth-order valence-corrected chi connectivity index (χ4v) is 2.26. The van der Waals surface area contributed by atoms with Gasteiger partial charge in [-0.15, -0.1) is 0 Å². The van der Waals surface area contributed by atoms with E-state index in [2.05, 4.69) is 9.88 Å². The fourth-order valence-electron chi connectivity index (χ4n) is 2.26. The predicted octanol–water partition coefficient (Wildman–Crippen LogP) is 1.60. The normalized spacial score (nSPS) is 19.1. The van der Waals surface area contributed by atoms with Crippen molar-refractivity contribution in [2.24, 2.45) is 0 Å². The van der Waals surface area contributed by atoms with E-state index >= 15 is 0 Å². The largest absolute Gasteiger partial charge is 0.433 e. The highest BCUT2D eigenvalue weighted by Crippen LogP contribution is 2.29. The van der Waals surface area contributed by atoms with Crippen LogP contribution in [0.5, 0.6) is 0 Å². The zero-order valence-electron chi connectivity index (χ0n) is 11.3. The third-order valence-electron chi connectivity index (χ3n) is 3.55. The quantitative estimate of drug-likeness (QED) is 0.917. The van der Waals surface area contributed by atoms with E-state index in [0.29, 0.717) is 32.0 Å². The van der Waals surface area contributed by atoms with Gasteiger partial charge in [-0.1, -0.05) is 6.07 Å². The standard InChI is InChI=1S/C13H18F3N3O/c1-10(9-20)18-5-7-19(8-6-18)12-4-2-3-11(17-12)13(14,15)16/h2-4,10,20H,5-9H2,1H3/t10-/m0/s1. The van der Waals surface area contributed by atoms with E-state index in [9.17, 15) is 13.2 Å². The second-order valence-electron chi connectivity index (χ2n) is 4.93. The van der Waals surface area contributed by atoms with Crippen LogP contribution < -0.4 is 4.90 Å². The third-order valence-corrected chi connectivity index (χ3v) is 3.55. The van der Waals surface area contributed by atoms with Gasteiger partial charge < -0.3 is 10.0 Å². The van der Waals surface area contributed by atoms with Gasteiger partial charge in [0.2, 0.25) is 0 Å². The molecule has 112 valence electrons. The van der Waals surface area contributed by atoms with Gasteiger partial charge in [-0.2, -0.15) is 13.2 Å². The molecule has 0 aromatic carbocycles. The number of nitrogens with zero attached hydrogens (tertiary/aromatic N) is 3. The zero-order valence-corrected chi connectivity index (χ0v) is 11.3. The Bertz CT molecular complexity index is 445. The van der Waals surface area contributed by atoms with E-state index in [-0.39, 0.29) is 12.6 Å². The summed E-state index contributed by atoms with van der Waals surface area (Å²) in [6.07, 6.45) is -4.41. The molecule has 1 aliphatic heterocycles. The zero-order chi connectivity index (χ0) is 14.8. The van der Waals surface area contributed by atoms with Gasteiger partial charge in [0.05, 0.1) is 6.61 Å². The number of pyridine rings is 1. The molecule has 2 heterocycles. The van der Waals surface area contributed by atoms with E-state index in [1.165, 1.54) is 6.07 Å². The van der Waals surface area contributed by atoms with Crippen molar-refractivity contribution in [2.75, 3.05) is 37.7 Å². The van der Waals surface area contributed by atoms with Crippen molar-refractivity contribution in [1.29, 1.82) is 0 Å². The average molecular weight is 289 g/mol. The molecule has 1 N–H and O–H groups in total. The van der Waals surface area contributed by atoms with E-state index < -0.39 is 11.9 Å². The van der Waals surface area contributed by atoms with Crippen molar-refractivity contribution in [3.8, 4) is 0 Å². The van der Waals surface area contributed by atoms with Crippen molar-refractivity contribution in [3.05, 3.63) is 23.9 Å². The van der Waals surface area contributed by atoms with Crippen LogP contribution in [0, 0.1) is 0 Å². The van der Waals surface area contributed by atoms with Gasteiger partial charge in [-0.05, 0) is 19.1 Å². The van der Waals surface area contributed by atoms with Crippen molar-refractivity contribution < 1.29 is 18.3 Å². The molecule has 0 unspecified atom stereocenters. The Kier molecular flexibility index (Phi) is 4.49. The first kappa shape index (κ1) is 15.1. The maximum atomic E-state index is 12.6. The Morgan fingerprint density at radius 1 is 1.25 bits per heavy atom. The minimum Gasteiger partial charge on any atom is -0.395 e. The lowest BCUT2D eigenvalue weighted by Crippen LogP contribution is -2.50. The van der Waals surface area contributed by atoms with Gasteiger partial charge >= 0.3 is 6.18 Å². The molecule has 0 radical (unpaired) electrons. The van der Waals surface area contributed by atoms with Gasteiger partial charge in [-0.3, -0.25) is 4.90 Å². The topological polar surface area (TPSA) is 39.6 Å². The number of aromatic nitrogens is 1. The van der Waals surface area contributed by atoms with Crippen LogP contribution >= 0.6 is 0 Å². The molecule has 1 aromatic rings. The van der Waals surface area contributed by atoms with Gasteiger partial charge in [-0.25, -0.2) is 4.98 Å². The lowest BCUT2D eigenvalue weighted by molar-refractivity contribution is -0.141. The van der Waals surface area contributed by atoms with Crippen LogP contribution in [-0.2, 0) is 6.18 Å². The average Bonchev–Trinajstić information content (AvgIpc) is 2.46. The molecule has 20 heavy (non-hydrogen) atoms. The number of hydrogen-bond acceptors (Lipinski definition) is 4. The molecule has 0 bridgehead atoms. The number of anilines is 1. The molecule has 2 rings (SSSR count). The van der Waals surface area contributed by atoms with Gasteiger partial charge in [0.25, 0.3) is 0 Å².